The van der Waals surface area contributed by atoms with Gasteiger partial charge in [-0.05, 0) is 41.1 Å². The fourth-order valence-electron chi connectivity index (χ4n) is 3.22. The maximum absolute atomic E-state index is 13.0. The van der Waals surface area contributed by atoms with Crippen LogP contribution in [0.15, 0.2) is 40.7 Å². The zero-order valence-electron chi connectivity index (χ0n) is 16.2. The third kappa shape index (κ3) is 5.91. The molecule has 1 aliphatic rings. The Morgan fingerprint density at radius 3 is 2.79 bits per heavy atom. The van der Waals surface area contributed by atoms with Crippen LogP contribution >= 0.6 is 35.3 Å². The molecule has 1 aromatic carbocycles. The number of amides is 1. The van der Waals surface area contributed by atoms with Crippen molar-refractivity contribution in [2.75, 3.05) is 27.2 Å². The summed E-state index contributed by atoms with van der Waals surface area (Å²) in [6, 6.07) is 8.55. The van der Waals surface area contributed by atoms with Crippen LogP contribution in [0, 0.1) is 5.82 Å². The van der Waals surface area contributed by atoms with Crippen molar-refractivity contribution in [1.82, 2.24) is 15.1 Å². The number of thiophene rings is 1. The van der Waals surface area contributed by atoms with Crippen LogP contribution < -0.4 is 5.32 Å². The molecule has 1 amide bonds. The van der Waals surface area contributed by atoms with E-state index < -0.39 is 0 Å². The molecule has 152 valence electrons. The Balaban J connectivity index is 0.00000280. The molecule has 0 bridgehead atoms. The highest BCUT2D eigenvalue weighted by molar-refractivity contribution is 14.0. The fraction of sp³-hybridized carbons (Fsp3) is 0.400. The first kappa shape index (κ1) is 22.6. The molecule has 28 heavy (non-hydrogen) atoms. The summed E-state index contributed by atoms with van der Waals surface area (Å²) in [5, 5.41) is 5.34. The number of carbonyl (C=O) groups excluding carboxylic acids is 1. The van der Waals surface area contributed by atoms with Gasteiger partial charge in [0, 0.05) is 51.6 Å². The summed E-state index contributed by atoms with van der Waals surface area (Å²) >= 11 is 1.78. The van der Waals surface area contributed by atoms with E-state index in [1.165, 1.54) is 22.6 Å². The summed E-state index contributed by atoms with van der Waals surface area (Å²) < 4.78 is 13.0. The van der Waals surface area contributed by atoms with Crippen molar-refractivity contribution in [2.24, 2.45) is 4.99 Å². The van der Waals surface area contributed by atoms with Gasteiger partial charge in [0.05, 0.1) is 0 Å². The van der Waals surface area contributed by atoms with E-state index in [0.717, 1.165) is 25.1 Å². The molecule has 2 heterocycles. The maximum atomic E-state index is 13.0. The predicted molar refractivity (Wildman–Crippen MR) is 123 cm³/mol. The van der Waals surface area contributed by atoms with Gasteiger partial charge in [-0.1, -0.05) is 12.1 Å². The molecule has 0 unspecified atom stereocenters. The normalized spacial score (nSPS) is 13.5. The molecule has 1 N–H and O–H groups in total. The third-order valence-corrected chi connectivity index (χ3v) is 5.71. The SMILES string of the molecule is CN=C(NCCC(=O)N1CCc2sccc2C1)N(C)Cc1ccc(F)cc1.I. The minimum atomic E-state index is -0.241. The molecule has 0 aliphatic carbocycles. The van der Waals surface area contributed by atoms with Gasteiger partial charge in [0.25, 0.3) is 0 Å². The van der Waals surface area contributed by atoms with Gasteiger partial charge in [-0.25, -0.2) is 4.39 Å². The van der Waals surface area contributed by atoms with Gasteiger partial charge in [0.1, 0.15) is 5.82 Å². The van der Waals surface area contributed by atoms with E-state index in [4.69, 9.17) is 0 Å². The maximum Gasteiger partial charge on any atom is 0.224 e. The molecule has 1 aromatic heterocycles. The van der Waals surface area contributed by atoms with Crippen molar-refractivity contribution in [3.8, 4) is 0 Å². The van der Waals surface area contributed by atoms with E-state index in [1.807, 2.05) is 16.8 Å². The number of hydrogen-bond acceptors (Lipinski definition) is 3. The highest BCUT2D eigenvalue weighted by atomic mass is 127. The summed E-state index contributed by atoms with van der Waals surface area (Å²) in [6.07, 6.45) is 1.39. The largest absolute Gasteiger partial charge is 0.356 e. The average molecular weight is 516 g/mol. The van der Waals surface area contributed by atoms with Crippen molar-refractivity contribution < 1.29 is 9.18 Å². The topological polar surface area (TPSA) is 47.9 Å². The van der Waals surface area contributed by atoms with Crippen LogP contribution in [0.3, 0.4) is 0 Å². The minimum Gasteiger partial charge on any atom is -0.356 e. The number of hydrogen-bond donors (Lipinski definition) is 1. The molecule has 3 rings (SSSR count). The smallest absolute Gasteiger partial charge is 0.224 e. The second-order valence-electron chi connectivity index (χ2n) is 6.64. The van der Waals surface area contributed by atoms with Gasteiger partial charge in [0.15, 0.2) is 5.96 Å². The lowest BCUT2D eigenvalue weighted by atomic mass is 10.1. The molecule has 5 nitrogen and oxygen atoms in total. The number of fused-ring (bicyclic) bond motifs is 1. The number of carbonyl (C=O) groups is 1. The molecule has 1 aliphatic heterocycles. The zero-order valence-corrected chi connectivity index (χ0v) is 19.3. The highest BCUT2D eigenvalue weighted by Crippen LogP contribution is 2.24. The summed E-state index contributed by atoms with van der Waals surface area (Å²) in [4.78, 5) is 22.1. The summed E-state index contributed by atoms with van der Waals surface area (Å²) in [7, 11) is 3.64. The van der Waals surface area contributed by atoms with E-state index >= 15 is 0 Å². The van der Waals surface area contributed by atoms with E-state index in [9.17, 15) is 9.18 Å². The van der Waals surface area contributed by atoms with E-state index in [-0.39, 0.29) is 35.7 Å². The molecular formula is C20H26FIN4OS. The molecule has 0 saturated carbocycles. The van der Waals surface area contributed by atoms with Crippen LogP contribution in [-0.4, -0.2) is 48.9 Å². The minimum absolute atomic E-state index is 0. The third-order valence-electron chi connectivity index (χ3n) is 4.69. The second-order valence-corrected chi connectivity index (χ2v) is 7.64. The van der Waals surface area contributed by atoms with Crippen LogP contribution in [0.4, 0.5) is 4.39 Å². The van der Waals surface area contributed by atoms with Gasteiger partial charge in [0.2, 0.25) is 5.91 Å². The Hall–Kier alpha value is -1.68. The lowest BCUT2D eigenvalue weighted by molar-refractivity contribution is -0.131. The van der Waals surface area contributed by atoms with E-state index in [2.05, 4.69) is 21.8 Å². The van der Waals surface area contributed by atoms with Crippen molar-refractivity contribution in [3.05, 3.63) is 57.5 Å². The molecule has 0 saturated heterocycles. The Morgan fingerprint density at radius 1 is 1.32 bits per heavy atom. The number of guanidine groups is 1. The fourth-order valence-corrected chi connectivity index (χ4v) is 4.11. The van der Waals surface area contributed by atoms with Gasteiger partial charge in [-0.2, -0.15) is 0 Å². The Kier molecular flexibility index (Phi) is 8.68. The molecule has 0 atom stereocenters. The Labute approximate surface area is 186 Å². The number of nitrogens with zero attached hydrogens (tertiary/aromatic N) is 3. The Morgan fingerprint density at radius 2 is 2.07 bits per heavy atom. The second kappa shape index (κ2) is 10.8. The van der Waals surface area contributed by atoms with Gasteiger partial charge < -0.3 is 15.1 Å². The van der Waals surface area contributed by atoms with E-state index in [1.54, 1.807) is 30.5 Å². The van der Waals surface area contributed by atoms with Crippen molar-refractivity contribution in [2.45, 2.75) is 25.9 Å². The number of nitrogens with one attached hydrogen (secondary N) is 1. The van der Waals surface area contributed by atoms with Crippen LogP contribution in [0.5, 0.6) is 0 Å². The number of aliphatic imine (C=N–C) groups is 1. The average Bonchev–Trinajstić information content (AvgIpc) is 3.14. The first-order valence-electron chi connectivity index (χ1n) is 9.06. The quantitative estimate of drug-likeness (QED) is 0.376. The number of halogens is 2. The highest BCUT2D eigenvalue weighted by Gasteiger charge is 2.21. The molecule has 0 fully saturated rings. The van der Waals surface area contributed by atoms with Gasteiger partial charge >= 0.3 is 0 Å². The molecule has 0 radical (unpaired) electrons. The van der Waals surface area contributed by atoms with Crippen LogP contribution in [0.25, 0.3) is 0 Å². The molecule has 8 heteroatoms. The van der Waals surface area contributed by atoms with Gasteiger partial charge in [-0.3, -0.25) is 9.79 Å². The lowest BCUT2D eigenvalue weighted by Crippen LogP contribution is -2.41. The first-order chi connectivity index (χ1) is 13.1. The molecule has 2 aromatic rings. The lowest BCUT2D eigenvalue weighted by Gasteiger charge is -2.27. The first-order valence-corrected chi connectivity index (χ1v) is 9.94. The Bertz CT molecular complexity index is 809. The van der Waals surface area contributed by atoms with Crippen LogP contribution in [0.1, 0.15) is 22.4 Å². The summed E-state index contributed by atoms with van der Waals surface area (Å²) in [5.41, 5.74) is 2.28. The standard InChI is InChI=1S/C20H25FN4OS.HI/c1-22-20(24(2)13-15-3-5-17(21)6-4-15)23-10-7-19(26)25-11-8-18-16(14-25)9-12-27-18;/h3-6,9,12H,7-8,10-11,13-14H2,1-2H3,(H,22,23);1H. The summed E-state index contributed by atoms with van der Waals surface area (Å²) in [5.74, 6) is 0.636. The molecular weight excluding hydrogens is 490 g/mol. The van der Waals surface area contributed by atoms with Gasteiger partial charge in [-0.15, -0.1) is 35.3 Å². The number of rotatable bonds is 5. The van der Waals surface area contributed by atoms with Crippen molar-refractivity contribution in [1.29, 1.82) is 0 Å². The monoisotopic (exact) mass is 516 g/mol. The zero-order chi connectivity index (χ0) is 19.2. The van der Waals surface area contributed by atoms with Crippen molar-refractivity contribution >= 4 is 47.2 Å². The number of benzene rings is 1. The van der Waals surface area contributed by atoms with E-state index in [0.29, 0.717) is 25.5 Å². The van der Waals surface area contributed by atoms with Crippen molar-refractivity contribution in [3.63, 3.8) is 0 Å². The van der Waals surface area contributed by atoms with Crippen LogP contribution in [-0.2, 0) is 24.3 Å². The predicted octanol–water partition coefficient (Wildman–Crippen LogP) is 3.49. The molecule has 0 spiro atoms. The summed E-state index contributed by atoms with van der Waals surface area (Å²) in [6.45, 7) is 2.66. The van der Waals surface area contributed by atoms with Crippen LogP contribution in [0.2, 0.25) is 0 Å².